The molecule has 2 aliphatic rings. The molecule has 0 unspecified atom stereocenters. The van der Waals surface area contributed by atoms with E-state index in [9.17, 15) is 9.59 Å². The lowest BCUT2D eigenvalue weighted by atomic mass is 10.1. The molecule has 7 nitrogen and oxygen atoms in total. The van der Waals surface area contributed by atoms with Crippen molar-refractivity contribution < 1.29 is 14.3 Å². The number of amides is 2. The fourth-order valence-electron chi connectivity index (χ4n) is 4.87. The minimum Gasteiger partial charge on any atom is -0.487 e. The molecule has 0 bridgehead atoms. The van der Waals surface area contributed by atoms with Crippen molar-refractivity contribution in [3.63, 3.8) is 0 Å². The number of carbonyl (C=O) groups is 2. The number of carbonyl (C=O) groups excluding carboxylic acids is 2. The largest absolute Gasteiger partial charge is 0.487 e. The Kier molecular flexibility index (Phi) is 5.79. The second kappa shape index (κ2) is 9.02. The molecule has 0 spiro atoms. The first-order valence-corrected chi connectivity index (χ1v) is 11.4. The van der Waals surface area contributed by atoms with E-state index in [0.29, 0.717) is 31.6 Å². The molecule has 2 aliphatic heterocycles. The average molecular weight is 433 g/mol. The Hall–Kier alpha value is -3.35. The van der Waals surface area contributed by atoms with Crippen LogP contribution in [0.15, 0.2) is 55.0 Å². The predicted octanol–water partition coefficient (Wildman–Crippen LogP) is 3.17. The molecule has 3 aromatic rings. The average Bonchev–Trinajstić information content (AvgIpc) is 3.58. The van der Waals surface area contributed by atoms with E-state index in [0.717, 1.165) is 42.4 Å². The van der Waals surface area contributed by atoms with E-state index in [4.69, 9.17) is 4.74 Å². The number of hydrogen-bond donors (Lipinski definition) is 1. The summed E-state index contributed by atoms with van der Waals surface area (Å²) in [5.41, 5.74) is 2.20. The van der Waals surface area contributed by atoms with Gasteiger partial charge in [0.15, 0.2) is 0 Å². The third-order valence-electron chi connectivity index (χ3n) is 6.51. The lowest BCUT2D eigenvalue weighted by Crippen LogP contribution is -2.47. The molecule has 32 heavy (non-hydrogen) atoms. The molecule has 166 valence electrons. The quantitative estimate of drug-likeness (QED) is 0.649. The lowest BCUT2D eigenvalue weighted by Gasteiger charge is -2.27. The van der Waals surface area contributed by atoms with Crippen LogP contribution in [0.1, 0.15) is 31.2 Å². The second-order valence-corrected chi connectivity index (χ2v) is 8.62. The summed E-state index contributed by atoms with van der Waals surface area (Å²) in [4.78, 5) is 37.5. The molecule has 2 aromatic heterocycles. The molecule has 0 radical (unpaired) electrons. The number of nitrogens with zero attached hydrogens (tertiary/aromatic N) is 3. The van der Waals surface area contributed by atoms with Crippen molar-refractivity contribution in [3.8, 4) is 5.75 Å². The first-order valence-electron chi connectivity index (χ1n) is 11.4. The molecule has 4 heterocycles. The summed E-state index contributed by atoms with van der Waals surface area (Å²) in [6.45, 7) is 1.98. The van der Waals surface area contributed by atoms with Crippen molar-refractivity contribution in [2.24, 2.45) is 0 Å². The number of hydrogen-bond acceptors (Lipinski definition) is 4. The molecule has 2 fully saturated rings. The Labute approximate surface area is 187 Å². The van der Waals surface area contributed by atoms with Crippen LogP contribution in [0.3, 0.4) is 0 Å². The number of fused-ring (bicyclic) bond motifs is 1. The SMILES string of the molecule is O=C([C@@H]1C[C@H](Oc2cccnc2)CN1C(=O)CCc1c[nH]c2ccccc12)N1CCCC1. The highest BCUT2D eigenvalue weighted by Crippen LogP contribution is 2.27. The zero-order valence-electron chi connectivity index (χ0n) is 18.1. The highest BCUT2D eigenvalue weighted by molar-refractivity contribution is 5.89. The number of aromatic amines is 1. The maximum Gasteiger partial charge on any atom is 0.245 e. The smallest absolute Gasteiger partial charge is 0.245 e. The summed E-state index contributed by atoms with van der Waals surface area (Å²) in [5.74, 6) is 0.725. The molecule has 1 N–H and O–H groups in total. The van der Waals surface area contributed by atoms with Crippen LogP contribution in [0, 0.1) is 0 Å². The van der Waals surface area contributed by atoms with Crippen molar-refractivity contribution in [2.75, 3.05) is 19.6 Å². The summed E-state index contributed by atoms with van der Waals surface area (Å²) < 4.78 is 6.07. The number of ether oxygens (including phenoxy) is 1. The minimum absolute atomic E-state index is 0.00474. The fraction of sp³-hybridized carbons (Fsp3) is 0.400. The molecule has 0 saturated carbocycles. The number of aryl methyl sites for hydroxylation is 1. The van der Waals surface area contributed by atoms with Crippen molar-refractivity contribution in [2.45, 2.75) is 44.2 Å². The van der Waals surface area contributed by atoms with Crippen LogP contribution in [-0.4, -0.2) is 63.4 Å². The first-order chi connectivity index (χ1) is 15.7. The van der Waals surface area contributed by atoms with Gasteiger partial charge < -0.3 is 19.5 Å². The van der Waals surface area contributed by atoms with Gasteiger partial charge in [0.25, 0.3) is 0 Å². The van der Waals surface area contributed by atoms with Crippen molar-refractivity contribution in [3.05, 3.63) is 60.6 Å². The van der Waals surface area contributed by atoms with Crippen LogP contribution in [0.2, 0.25) is 0 Å². The van der Waals surface area contributed by atoms with E-state index >= 15 is 0 Å². The van der Waals surface area contributed by atoms with Crippen LogP contribution >= 0.6 is 0 Å². The Morgan fingerprint density at radius 1 is 1.12 bits per heavy atom. The van der Waals surface area contributed by atoms with E-state index in [2.05, 4.69) is 16.0 Å². The lowest BCUT2D eigenvalue weighted by molar-refractivity contribution is -0.143. The monoisotopic (exact) mass is 432 g/mol. The zero-order chi connectivity index (χ0) is 21.9. The van der Waals surface area contributed by atoms with Gasteiger partial charge in [0.05, 0.1) is 12.7 Å². The summed E-state index contributed by atoms with van der Waals surface area (Å²) in [6.07, 6.45) is 8.70. The van der Waals surface area contributed by atoms with Gasteiger partial charge in [-0.1, -0.05) is 18.2 Å². The third kappa shape index (κ3) is 4.20. The van der Waals surface area contributed by atoms with E-state index < -0.39 is 6.04 Å². The molecular weight excluding hydrogens is 404 g/mol. The number of pyridine rings is 1. The van der Waals surface area contributed by atoms with E-state index in [-0.39, 0.29) is 17.9 Å². The summed E-state index contributed by atoms with van der Waals surface area (Å²) in [5, 5.41) is 1.14. The van der Waals surface area contributed by atoms with Gasteiger partial charge >= 0.3 is 0 Å². The van der Waals surface area contributed by atoms with Gasteiger partial charge in [-0.2, -0.15) is 0 Å². The van der Waals surface area contributed by atoms with Crippen LogP contribution in [0.25, 0.3) is 10.9 Å². The molecule has 2 atom stereocenters. The molecule has 5 rings (SSSR count). The van der Waals surface area contributed by atoms with Gasteiger partial charge in [0, 0.05) is 49.2 Å². The predicted molar refractivity (Wildman–Crippen MR) is 121 cm³/mol. The van der Waals surface area contributed by atoms with E-state index in [1.165, 1.54) is 0 Å². The Morgan fingerprint density at radius 3 is 2.78 bits per heavy atom. The zero-order valence-corrected chi connectivity index (χ0v) is 18.1. The molecule has 7 heteroatoms. The Bertz CT molecular complexity index is 1090. The van der Waals surface area contributed by atoms with Gasteiger partial charge in [0.2, 0.25) is 11.8 Å². The number of likely N-dealkylation sites (tertiary alicyclic amines) is 2. The van der Waals surface area contributed by atoms with E-state index in [1.54, 1.807) is 17.3 Å². The topological polar surface area (TPSA) is 78.5 Å². The molecule has 2 saturated heterocycles. The van der Waals surface area contributed by atoms with Crippen molar-refractivity contribution in [1.82, 2.24) is 19.8 Å². The summed E-state index contributed by atoms with van der Waals surface area (Å²) in [7, 11) is 0. The number of H-pyrrole nitrogens is 1. The van der Waals surface area contributed by atoms with Crippen LogP contribution in [0.5, 0.6) is 5.75 Å². The maximum atomic E-state index is 13.3. The summed E-state index contributed by atoms with van der Waals surface area (Å²) in [6, 6.07) is 11.3. The van der Waals surface area contributed by atoms with Crippen molar-refractivity contribution >= 4 is 22.7 Å². The van der Waals surface area contributed by atoms with Gasteiger partial charge in [-0.15, -0.1) is 0 Å². The Morgan fingerprint density at radius 2 is 1.97 bits per heavy atom. The highest BCUT2D eigenvalue weighted by atomic mass is 16.5. The number of rotatable bonds is 6. The second-order valence-electron chi connectivity index (χ2n) is 8.62. The van der Waals surface area contributed by atoms with Crippen LogP contribution in [-0.2, 0) is 16.0 Å². The molecule has 0 aliphatic carbocycles. The molecule has 2 amide bonds. The van der Waals surface area contributed by atoms with Crippen LogP contribution in [0.4, 0.5) is 0 Å². The van der Waals surface area contributed by atoms with Crippen molar-refractivity contribution in [1.29, 1.82) is 0 Å². The molecule has 1 aromatic carbocycles. The van der Waals surface area contributed by atoms with E-state index in [1.807, 2.05) is 41.4 Å². The number of para-hydroxylation sites is 1. The Balaban J connectivity index is 1.30. The van der Waals surface area contributed by atoms with Gasteiger partial charge in [-0.3, -0.25) is 14.6 Å². The van der Waals surface area contributed by atoms with Gasteiger partial charge in [-0.25, -0.2) is 0 Å². The van der Waals surface area contributed by atoms with Gasteiger partial charge in [-0.05, 0) is 43.0 Å². The summed E-state index contributed by atoms with van der Waals surface area (Å²) >= 11 is 0. The molecular formula is C25H28N4O3. The normalized spacial score (nSPS) is 20.8. The van der Waals surface area contributed by atoms with Crippen LogP contribution < -0.4 is 4.74 Å². The first kappa shape index (κ1) is 20.5. The number of nitrogens with one attached hydrogen (secondary N) is 1. The maximum absolute atomic E-state index is 13.3. The minimum atomic E-state index is -0.453. The number of aromatic nitrogens is 2. The highest BCUT2D eigenvalue weighted by Gasteiger charge is 2.42. The van der Waals surface area contributed by atoms with Gasteiger partial charge in [0.1, 0.15) is 17.9 Å². The number of benzene rings is 1. The fourth-order valence-corrected chi connectivity index (χ4v) is 4.87. The standard InChI is InChI=1S/C25H28N4O3/c30-24(10-9-18-15-27-22-8-2-1-7-21(18)22)29-17-20(32-19-6-5-11-26-16-19)14-23(29)25(31)28-12-3-4-13-28/h1-2,5-8,11,15-16,20,23,27H,3-4,9-10,12-14,17H2/t20-,23-/m0/s1. The third-order valence-corrected chi connectivity index (χ3v) is 6.51.